The lowest BCUT2D eigenvalue weighted by molar-refractivity contribution is -0.130. The number of Topliss-reactive ketones (excluding diaryl/α,β-unsaturated/α-hetero) is 10. The standard InChI is InChI=1S/C8H14O.C8H8O.C7H13NO.C7H7NO.C7H13NO.C6H11NO2.C6H11NO.C6H6OS.C6H12O.C5H10O.C4H8O.C3H6O/c2*1-7(9)8-5-3-2-4-6-8;1-6(9)7-2-4-8-5-3-7;1-6(9)7-3-2-4-8-5-7;1-7(9)8-5-3-2-4-6-8;1-5(8)6-4-7-2-3-9-6;1-6(8)7-4-2-3-5-7;1-5(7)6-3-2-4-8-6;1-5(7)6(2,3)4;1-4(2)5(3)6;1-3-4(2)5;1-3(2)4/h8H,2-6H2,1H3;2-6H,1H3;7-8H,2-5H2,1H3;2-5H,1H3;2-6H2,1H3;6-7H,2-4H2,1H3;2-5H2,1H3;2-4H,1H3;1-4H3;4H,1-3H3;3H2,1-2H3;1-2H3. The number of hydrogen-bond donors (Lipinski definition) is 2. The third-order valence-electron chi connectivity index (χ3n) is 14.3. The van der Waals surface area contributed by atoms with Gasteiger partial charge in [0.15, 0.2) is 23.1 Å². The first-order valence-corrected chi connectivity index (χ1v) is 33.5. The Labute approximate surface area is 557 Å². The van der Waals surface area contributed by atoms with E-state index in [-0.39, 0.29) is 75.5 Å². The second kappa shape index (κ2) is 57.3. The normalized spacial score (nSPS) is 15.4. The van der Waals surface area contributed by atoms with Crippen LogP contribution < -0.4 is 10.6 Å². The van der Waals surface area contributed by atoms with Crippen LogP contribution in [0.15, 0.2) is 72.4 Å². The number of ether oxygens (including phenoxy) is 1. The number of piperidine rings is 2. The average molecular weight is 1310 g/mol. The molecule has 3 aromatic rings. The molecule has 5 fully saturated rings. The molecule has 1 atom stereocenters. The number of likely N-dealkylation sites (tertiary alicyclic amines) is 2. The van der Waals surface area contributed by atoms with Crippen molar-refractivity contribution < 1.29 is 62.3 Å². The Hall–Kier alpha value is -6.41. The van der Waals surface area contributed by atoms with E-state index in [0.717, 1.165) is 81.9 Å². The molecule has 1 aromatic carbocycles. The highest BCUT2D eigenvalue weighted by atomic mass is 32.1. The quantitative estimate of drug-likeness (QED) is 0.199. The maximum absolute atomic E-state index is 10.8. The molecule has 4 aliphatic heterocycles. The predicted octanol–water partition coefficient (Wildman–Crippen LogP) is 13.5. The number of aromatic nitrogens is 1. The van der Waals surface area contributed by atoms with Crippen molar-refractivity contribution in [3.8, 4) is 0 Å². The average Bonchev–Trinajstić information content (AvgIpc) is 4.38. The van der Waals surface area contributed by atoms with Crippen molar-refractivity contribution in [2.45, 2.75) is 221 Å². The van der Waals surface area contributed by atoms with Gasteiger partial charge in [-0.3, -0.25) is 52.9 Å². The van der Waals surface area contributed by atoms with Crippen molar-refractivity contribution in [3.05, 3.63) is 88.4 Å². The summed E-state index contributed by atoms with van der Waals surface area (Å²) in [7, 11) is 0. The fourth-order valence-corrected chi connectivity index (χ4v) is 8.15. The highest BCUT2D eigenvalue weighted by Gasteiger charge is 2.19. The monoisotopic (exact) mass is 1310 g/mol. The van der Waals surface area contributed by atoms with E-state index < -0.39 is 0 Å². The van der Waals surface area contributed by atoms with Crippen molar-refractivity contribution >= 4 is 81.0 Å². The number of benzene rings is 1. The SMILES string of the molecule is CC(=O)C(C)(C)C.CC(=O)C(C)C.CC(=O)C1CCCCC1.CC(=O)C1CCNCC1.CC(=O)C1CNCCO1.CC(=O)N1CCCC1.CC(=O)N1CCCCC1.CC(=O)c1ccccc1.CC(=O)c1cccnc1.CC(=O)c1cccs1.CC(C)=O.CCC(C)=O. The molecule has 1 unspecified atom stereocenters. The molecular weight excluding hydrogens is 1190 g/mol. The number of nitrogens with zero attached hydrogens (tertiary/aromatic N) is 3. The minimum Gasteiger partial charge on any atom is -0.368 e. The van der Waals surface area contributed by atoms with Gasteiger partial charge in [0.1, 0.15) is 40.8 Å². The second-order valence-electron chi connectivity index (χ2n) is 24.3. The van der Waals surface area contributed by atoms with Gasteiger partial charge < -0.3 is 34.8 Å². The van der Waals surface area contributed by atoms with Crippen molar-refractivity contribution in [2.75, 3.05) is 59.0 Å². The number of ketones is 10. The molecule has 19 heteroatoms. The topological polar surface area (TPSA) is 258 Å². The van der Waals surface area contributed by atoms with Gasteiger partial charge >= 0.3 is 0 Å². The number of pyridine rings is 1. The van der Waals surface area contributed by atoms with Crippen molar-refractivity contribution in [3.63, 3.8) is 0 Å². The Kier molecular flexibility index (Phi) is 57.3. The van der Waals surface area contributed by atoms with Gasteiger partial charge in [0.2, 0.25) is 11.8 Å². The Balaban J connectivity index is -0.000000462. The van der Waals surface area contributed by atoms with E-state index >= 15 is 0 Å². The van der Waals surface area contributed by atoms with Crippen LogP contribution in [0.3, 0.4) is 0 Å². The minimum absolute atomic E-state index is 0.0584. The molecule has 2 aromatic heterocycles. The van der Waals surface area contributed by atoms with Gasteiger partial charge in [-0.2, -0.15) is 0 Å². The number of carbonyl (C=O) groups excluding carboxylic acids is 12. The van der Waals surface area contributed by atoms with Crippen LogP contribution in [0.25, 0.3) is 0 Å². The highest BCUT2D eigenvalue weighted by Crippen LogP contribution is 2.24. The summed E-state index contributed by atoms with van der Waals surface area (Å²) < 4.78 is 5.13. The molecule has 0 bridgehead atoms. The van der Waals surface area contributed by atoms with Crippen LogP contribution in [-0.4, -0.2) is 149 Å². The smallest absolute Gasteiger partial charge is 0.219 e. The Morgan fingerprint density at radius 3 is 1.18 bits per heavy atom. The second-order valence-corrected chi connectivity index (χ2v) is 25.3. The first-order chi connectivity index (χ1) is 43.0. The fourth-order valence-electron chi connectivity index (χ4n) is 7.53. The zero-order valence-corrected chi connectivity index (χ0v) is 60.7. The van der Waals surface area contributed by atoms with Crippen molar-refractivity contribution in [1.82, 2.24) is 25.4 Å². The van der Waals surface area contributed by atoms with E-state index in [2.05, 4.69) is 15.6 Å². The number of amides is 2. The van der Waals surface area contributed by atoms with E-state index in [4.69, 9.17) is 4.74 Å². The first kappa shape index (κ1) is 92.0. The molecule has 2 N–H and O–H groups in total. The van der Waals surface area contributed by atoms with E-state index in [1.165, 1.54) is 83.5 Å². The molecular formula is C73H119N5O13S. The number of nitrogens with one attached hydrogen (secondary N) is 2. The number of rotatable bonds is 8. The lowest BCUT2D eigenvalue weighted by Gasteiger charge is -2.24. The summed E-state index contributed by atoms with van der Waals surface area (Å²) in [5, 5.41) is 8.19. The van der Waals surface area contributed by atoms with E-state index in [0.29, 0.717) is 48.5 Å². The highest BCUT2D eigenvalue weighted by molar-refractivity contribution is 7.12. The number of hydrogen-bond acceptors (Lipinski definition) is 17. The maximum Gasteiger partial charge on any atom is 0.219 e. The van der Waals surface area contributed by atoms with Gasteiger partial charge in [0.05, 0.1) is 11.5 Å². The molecule has 0 spiro atoms. The van der Waals surface area contributed by atoms with E-state index in [9.17, 15) is 57.5 Å². The van der Waals surface area contributed by atoms with Crippen LogP contribution >= 0.6 is 11.3 Å². The maximum atomic E-state index is 10.8. The molecule has 5 aliphatic rings. The van der Waals surface area contributed by atoms with E-state index in [1.54, 1.807) is 93.8 Å². The van der Waals surface area contributed by atoms with Crippen LogP contribution in [0.2, 0.25) is 0 Å². The Bertz CT molecular complexity index is 2350. The molecule has 4 saturated heterocycles. The molecule has 1 aliphatic carbocycles. The molecule has 1 saturated carbocycles. The number of morpholine rings is 1. The van der Waals surface area contributed by atoms with Crippen molar-refractivity contribution in [2.24, 2.45) is 23.2 Å². The summed E-state index contributed by atoms with van der Waals surface area (Å²) in [6, 6.07) is 16.4. The molecule has 18 nitrogen and oxygen atoms in total. The molecule has 520 valence electrons. The third-order valence-corrected chi connectivity index (χ3v) is 15.3. The zero-order chi connectivity index (χ0) is 71.2. The van der Waals surface area contributed by atoms with Gasteiger partial charge in [-0.15, -0.1) is 11.3 Å². The third kappa shape index (κ3) is 57.5. The Morgan fingerprint density at radius 2 is 0.957 bits per heavy atom. The lowest BCUT2D eigenvalue weighted by atomic mass is 9.87. The van der Waals surface area contributed by atoms with Crippen LogP contribution in [0.5, 0.6) is 0 Å². The number of thiophene rings is 1. The summed E-state index contributed by atoms with van der Waals surface area (Å²) in [5.41, 5.74) is 1.30. The summed E-state index contributed by atoms with van der Waals surface area (Å²) in [4.78, 5) is 134. The van der Waals surface area contributed by atoms with Crippen LogP contribution in [0, 0.1) is 23.2 Å². The zero-order valence-electron chi connectivity index (χ0n) is 59.9. The van der Waals surface area contributed by atoms with Crippen LogP contribution in [-0.2, 0) is 47.9 Å². The van der Waals surface area contributed by atoms with Gasteiger partial charge in [-0.05, 0) is 171 Å². The number of carbonyl (C=O) groups is 12. The predicted molar refractivity (Wildman–Crippen MR) is 372 cm³/mol. The van der Waals surface area contributed by atoms with Gasteiger partial charge in [-0.1, -0.05) is 97.2 Å². The summed E-state index contributed by atoms with van der Waals surface area (Å²) in [6.07, 6.45) is 18.0. The summed E-state index contributed by atoms with van der Waals surface area (Å²) >= 11 is 1.48. The van der Waals surface area contributed by atoms with Gasteiger partial charge in [0.25, 0.3) is 0 Å². The van der Waals surface area contributed by atoms with Crippen molar-refractivity contribution in [1.29, 1.82) is 0 Å². The molecule has 0 radical (unpaired) electrons. The minimum atomic E-state index is -0.196. The largest absolute Gasteiger partial charge is 0.368 e. The Morgan fingerprint density at radius 1 is 0.543 bits per heavy atom. The molecule has 2 amide bonds. The van der Waals surface area contributed by atoms with Gasteiger partial charge in [0, 0.05) is 106 Å². The van der Waals surface area contributed by atoms with E-state index in [1.807, 2.05) is 99.2 Å². The molecule has 92 heavy (non-hydrogen) atoms. The van der Waals surface area contributed by atoms with Crippen LogP contribution in [0.4, 0.5) is 0 Å². The molecule has 8 rings (SSSR count). The first-order valence-electron chi connectivity index (χ1n) is 32.6. The fraction of sp³-hybridized carbons (Fsp3) is 0.630. The summed E-state index contributed by atoms with van der Waals surface area (Å²) in [5.74, 6) is 3.56. The lowest BCUT2D eigenvalue weighted by Crippen LogP contribution is -2.42. The van der Waals surface area contributed by atoms with Gasteiger partial charge in [-0.25, -0.2) is 0 Å². The molecule has 6 heterocycles. The van der Waals surface area contributed by atoms with Crippen LogP contribution in [0.1, 0.15) is 245 Å². The summed E-state index contributed by atoms with van der Waals surface area (Å²) in [6.45, 7) is 40.3.